The third-order valence-corrected chi connectivity index (χ3v) is 4.18. The van der Waals surface area contributed by atoms with Crippen LogP contribution in [0, 0.1) is 0 Å². The van der Waals surface area contributed by atoms with Crippen molar-refractivity contribution in [1.29, 1.82) is 0 Å². The van der Waals surface area contributed by atoms with Gasteiger partial charge >= 0.3 is 5.76 Å². The van der Waals surface area contributed by atoms with Crippen LogP contribution in [0.25, 0.3) is 11.4 Å². The van der Waals surface area contributed by atoms with Crippen molar-refractivity contribution in [2.24, 2.45) is 0 Å². The molecular weight excluding hydrogens is 370 g/mol. The lowest BCUT2D eigenvalue weighted by Gasteiger charge is -2.19. The maximum atomic E-state index is 13.0. The van der Waals surface area contributed by atoms with E-state index in [2.05, 4.69) is 20.0 Å². The molecule has 0 aliphatic carbocycles. The number of nitrogens with zero attached hydrogens (tertiary/aromatic N) is 1. The van der Waals surface area contributed by atoms with Crippen LogP contribution in [0.1, 0.15) is 11.7 Å². The highest BCUT2D eigenvalue weighted by atomic mass is 16.5. The zero-order valence-corrected chi connectivity index (χ0v) is 15.2. The standard InChI is InChI=1S/C22H17N3O4/c26-21(23-17-11-7-10-16(14-17)20-24-22(27)29-25-20)19(15-8-3-1-4-9-15)28-18-12-5-2-6-13-18/h1-14,19H,(H,23,26)(H,24,25,27). The molecular formula is C22H17N3O4. The lowest BCUT2D eigenvalue weighted by Crippen LogP contribution is -2.25. The van der Waals surface area contributed by atoms with Crippen LogP contribution in [0.15, 0.2) is 94.2 Å². The number of benzene rings is 3. The monoisotopic (exact) mass is 387 g/mol. The van der Waals surface area contributed by atoms with Gasteiger partial charge in [0, 0.05) is 16.8 Å². The van der Waals surface area contributed by atoms with Crippen molar-refractivity contribution in [2.45, 2.75) is 6.10 Å². The molecule has 4 aromatic rings. The van der Waals surface area contributed by atoms with Crippen LogP contribution >= 0.6 is 0 Å². The van der Waals surface area contributed by atoms with Crippen molar-refractivity contribution in [2.75, 3.05) is 5.32 Å². The van der Waals surface area contributed by atoms with E-state index in [0.29, 0.717) is 17.0 Å². The maximum absolute atomic E-state index is 13.0. The van der Waals surface area contributed by atoms with Crippen molar-refractivity contribution in [3.8, 4) is 17.1 Å². The molecule has 0 aliphatic rings. The Bertz CT molecular complexity index is 1150. The minimum absolute atomic E-state index is 0.284. The predicted octanol–water partition coefficient (Wildman–Crippen LogP) is 3.79. The largest absolute Gasteiger partial charge is 0.476 e. The molecule has 3 aromatic carbocycles. The van der Waals surface area contributed by atoms with Gasteiger partial charge in [-0.25, -0.2) is 4.79 Å². The molecule has 0 spiro atoms. The van der Waals surface area contributed by atoms with Gasteiger partial charge < -0.3 is 10.1 Å². The summed E-state index contributed by atoms with van der Waals surface area (Å²) in [6.07, 6.45) is -0.839. The molecule has 7 heteroatoms. The van der Waals surface area contributed by atoms with Crippen LogP contribution in [0.5, 0.6) is 5.75 Å². The van der Waals surface area contributed by atoms with E-state index in [1.165, 1.54) is 0 Å². The summed E-state index contributed by atoms with van der Waals surface area (Å²) in [6, 6.07) is 25.3. The molecule has 4 rings (SSSR count). The molecule has 29 heavy (non-hydrogen) atoms. The highest BCUT2D eigenvalue weighted by molar-refractivity contribution is 5.95. The number of carbonyl (C=O) groups excluding carboxylic acids is 1. The quantitative estimate of drug-likeness (QED) is 0.525. The SMILES string of the molecule is O=C(Nc1cccc(-c2noc(=O)[nH]2)c1)C(Oc1ccccc1)c1ccccc1. The van der Waals surface area contributed by atoms with Gasteiger partial charge in [0.25, 0.3) is 5.91 Å². The molecule has 1 unspecified atom stereocenters. The van der Waals surface area contributed by atoms with E-state index in [4.69, 9.17) is 4.74 Å². The molecule has 144 valence electrons. The van der Waals surface area contributed by atoms with Crippen LogP contribution in [0.4, 0.5) is 5.69 Å². The van der Waals surface area contributed by atoms with Crippen molar-refractivity contribution in [1.82, 2.24) is 10.1 Å². The van der Waals surface area contributed by atoms with Crippen molar-refractivity contribution in [3.63, 3.8) is 0 Å². The van der Waals surface area contributed by atoms with E-state index < -0.39 is 11.9 Å². The number of para-hydroxylation sites is 1. The van der Waals surface area contributed by atoms with E-state index in [1.807, 2.05) is 48.5 Å². The van der Waals surface area contributed by atoms with Gasteiger partial charge in [-0.1, -0.05) is 65.8 Å². The second kappa shape index (κ2) is 8.26. The van der Waals surface area contributed by atoms with Crippen LogP contribution in [-0.2, 0) is 4.79 Å². The lowest BCUT2D eigenvalue weighted by atomic mass is 10.1. The number of nitrogens with one attached hydrogen (secondary N) is 2. The Labute approximate surface area is 166 Å². The fraction of sp³-hybridized carbons (Fsp3) is 0.0455. The molecule has 0 radical (unpaired) electrons. The molecule has 0 fully saturated rings. The van der Waals surface area contributed by atoms with Gasteiger partial charge in [-0.05, 0) is 24.3 Å². The first-order valence-electron chi connectivity index (χ1n) is 8.93. The van der Waals surface area contributed by atoms with Crippen LogP contribution in [0.2, 0.25) is 0 Å². The van der Waals surface area contributed by atoms with E-state index >= 15 is 0 Å². The zero-order chi connectivity index (χ0) is 20.1. The van der Waals surface area contributed by atoms with Gasteiger partial charge in [0.15, 0.2) is 5.82 Å². The molecule has 0 saturated carbocycles. The highest BCUT2D eigenvalue weighted by Gasteiger charge is 2.23. The topological polar surface area (TPSA) is 97.2 Å². The average molecular weight is 387 g/mol. The van der Waals surface area contributed by atoms with Gasteiger partial charge in [-0.2, -0.15) is 0 Å². The number of hydrogen-bond donors (Lipinski definition) is 2. The number of H-pyrrole nitrogens is 1. The van der Waals surface area contributed by atoms with Gasteiger partial charge in [0.1, 0.15) is 5.75 Å². The summed E-state index contributed by atoms with van der Waals surface area (Å²) in [7, 11) is 0. The number of anilines is 1. The lowest BCUT2D eigenvalue weighted by molar-refractivity contribution is -0.123. The Balaban J connectivity index is 1.59. The summed E-state index contributed by atoms with van der Waals surface area (Å²) in [6.45, 7) is 0. The van der Waals surface area contributed by atoms with E-state index in [-0.39, 0.29) is 11.7 Å². The Morgan fingerprint density at radius 1 is 0.966 bits per heavy atom. The number of ether oxygens (including phenoxy) is 1. The van der Waals surface area contributed by atoms with Gasteiger partial charge in [0.05, 0.1) is 0 Å². The number of amides is 1. The third kappa shape index (κ3) is 4.41. The fourth-order valence-corrected chi connectivity index (χ4v) is 2.84. The number of hydrogen-bond acceptors (Lipinski definition) is 5. The first-order chi connectivity index (χ1) is 14.2. The Morgan fingerprint density at radius 2 is 1.69 bits per heavy atom. The number of rotatable bonds is 6. The van der Waals surface area contributed by atoms with Gasteiger partial charge in [0.2, 0.25) is 6.10 Å². The van der Waals surface area contributed by atoms with Crippen LogP contribution < -0.4 is 15.8 Å². The summed E-state index contributed by atoms with van der Waals surface area (Å²) >= 11 is 0. The minimum Gasteiger partial charge on any atom is -0.476 e. The summed E-state index contributed by atoms with van der Waals surface area (Å²) < 4.78 is 10.5. The summed E-state index contributed by atoms with van der Waals surface area (Å²) in [5.41, 5.74) is 1.87. The normalized spacial score (nSPS) is 11.6. The van der Waals surface area contributed by atoms with Crippen LogP contribution in [0.3, 0.4) is 0 Å². The summed E-state index contributed by atoms with van der Waals surface area (Å²) in [5.74, 6) is -0.0997. The van der Waals surface area contributed by atoms with Crippen molar-refractivity contribution >= 4 is 11.6 Å². The number of carbonyl (C=O) groups is 1. The van der Waals surface area contributed by atoms with E-state index in [0.717, 1.165) is 5.56 Å². The first kappa shape index (κ1) is 18.2. The first-order valence-corrected chi connectivity index (χ1v) is 8.93. The second-order valence-corrected chi connectivity index (χ2v) is 6.24. The molecule has 1 aromatic heterocycles. The molecule has 1 atom stereocenters. The second-order valence-electron chi connectivity index (χ2n) is 6.24. The molecule has 1 heterocycles. The van der Waals surface area contributed by atoms with Crippen molar-refractivity contribution < 1.29 is 14.1 Å². The van der Waals surface area contributed by atoms with Gasteiger partial charge in [-0.15, -0.1) is 0 Å². The molecule has 1 amide bonds. The Morgan fingerprint density at radius 3 is 2.38 bits per heavy atom. The van der Waals surface area contributed by atoms with Gasteiger partial charge in [-0.3, -0.25) is 14.3 Å². The molecule has 7 nitrogen and oxygen atoms in total. The zero-order valence-electron chi connectivity index (χ0n) is 15.2. The Hall–Kier alpha value is -4.13. The van der Waals surface area contributed by atoms with Crippen LogP contribution in [-0.4, -0.2) is 16.0 Å². The molecule has 0 saturated heterocycles. The predicted molar refractivity (Wildman–Crippen MR) is 107 cm³/mol. The van der Waals surface area contributed by atoms with Crippen molar-refractivity contribution in [3.05, 3.63) is 101 Å². The molecule has 2 N–H and O–H groups in total. The van der Waals surface area contributed by atoms with E-state index in [1.54, 1.807) is 36.4 Å². The fourth-order valence-electron chi connectivity index (χ4n) is 2.84. The summed E-state index contributed by atoms with van der Waals surface area (Å²) in [4.78, 5) is 26.7. The minimum atomic E-state index is -0.839. The third-order valence-electron chi connectivity index (χ3n) is 4.18. The van der Waals surface area contributed by atoms with E-state index in [9.17, 15) is 9.59 Å². The number of aromatic amines is 1. The molecule has 0 bridgehead atoms. The Kier molecular flexibility index (Phi) is 5.20. The smallest absolute Gasteiger partial charge is 0.439 e. The molecule has 0 aliphatic heterocycles. The average Bonchev–Trinajstić information content (AvgIpc) is 3.20. The number of aromatic nitrogens is 2. The maximum Gasteiger partial charge on any atom is 0.439 e. The highest BCUT2D eigenvalue weighted by Crippen LogP contribution is 2.25. The summed E-state index contributed by atoms with van der Waals surface area (Å²) in [5, 5.41) is 6.53.